The van der Waals surface area contributed by atoms with Crippen LogP contribution in [0.15, 0.2) is 24.8 Å². The van der Waals surface area contributed by atoms with Gasteiger partial charge in [-0.3, -0.25) is 0 Å². The van der Waals surface area contributed by atoms with Crippen molar-refractivity contribution in [1.82, 2.24) is 0 Å². The third-order valence-electron chi connectivity index (χ3n) is 4.81. The molecule has 1 aliphatic carbocycles. The van der Waals surface area contributed by atoms with Crippen LogP contribution in [-0.4, -0.2) is 0 Å². The lowest BCUT2D eigenvalue weighted by atomic mass is 9.79. The highest BCUT2D eigenvalue weighted by molar-refractivity contribution is 5.26. The Morgan fingerprint density at radius 2 is 1.62 bits per heavy atom. The lowest BCUT2D eigenvalue weighted by molar-refractivity contribution is 0.295. The lowest BCUT2D eigenvalue weighted by Crippen LogP contribution is -2.14. The first-order chi connectivity index (χ1) is 10.2. The zero-order valence-electron chi connectivity index (χ0n) is 13.0. The molecule has 1 aromatic rings. The number of hydrogen-bond donors (Lipinski definition) is 0. The van der Waals surface area contributed by atoms with Gasteiger partial charge >= 0.3 is 0 Å². The van der Waals surface area contributed by atoms with Crippen molar-refractivity contribution in [1.29, 1.82) is 0 Å². The Kier molecular flexibility index (Phi) is 5.96. The fourth-order valence-corrected chi connectivity index (χ4v) is 3.36. The number of hydrogen-bond acceptors (Lipinski definition) is 0. The Hall–Kier alpha value is -1.18. The molecule has 0 unspecified atom stereocenters. The molecule has 0 amide bonds. The van der Waals surface area contributed by atoms with E-state index in [0.29, 0.717) is 35.8 Å². The fourth-order valence-electron chi connectivity index (χ4n) is 3.36. The molecule has 0 spiro atoms. The molecule has 2 heteroatoms. The average molecular weight is 292 g/mol. The maximum Gasteiger partial charge on any atom is 0.162 e. The molecule has 1 aromatic carbocycles. The summed E-state index contributed by atoms with van der Waals surface area (Å²) in [6.07, 6.45) is 9.88. The largest absolute Gasteiger partial charge is 0.203 e. The van der Waals surface area contributed by atoms with Crippen molar-refractivity contribution in [3.8, 4) is 0 Å². The molecular formula is C19H26F2. The van der Waals surface area contributed by atoms with Gasteiger partial charge in [-0.1, -0.05) is 31.6 Å². The monoisotopic (exact) mass is 292 g/mol. The molecule has 0 N–H and O–H groups in total. The highest BCUT2D eigenvalue weighted by Crippen LogP contribution is 2.32. The van der Waals surface area contributed by atoms with Gasteiger partial charge in [0.1, 0.15) is 0 Å². The van der Waals surface area contributed by atoms with Gasteiger partial charge in [0.15, 0.2) is 11.6 Å². The molecule has 0 bridgehead atoms. The van der Waals surface area contributed by atoms with Gasteiger partial charge < -0.3 is 0 Å². The molecular weight excluding hydrogens is 266 g/mol. The first-order valence-electron chi connectivity index (χ1n) is 8.24. The van der Waals surface area contributed by atoms with Gasteiger partial charge in [-0.2, -0.15) is 0 Å². The van der Waals surface area contributed by atoms with Crippen LogP contribution < -0.4 is 0 Å². The van der Waals surface area contributed by atoms with Gasteiger partial charge in [-0.25, -0.2) is 8.78 Å². The SMILES string of the molecule is C=CC1CCC(CCc2ccc(CCC)c(F)c2F)CC1. The summed E-state index contributed by atoms with van der Waals surface area (Å²) in [4.78, 5) is 0. The molecule has 116 valence electrons. The predicted octanol–water partition coefficient (Wildman–Crippen LogP) is 5.84. The minimum absolute atomic E-state index is 0.505. The number of aryl methyl sites for hydroxylation is 2. The van der Waals surface area contributed by atoms with Crippen LogP contribution in [0, 0.1) is 23.5 Å². The first kappa shape index (κ1) is 16.2. The maximum atomic E-state index is 14.1. The van der Waals surface area contributed by atoms with Crippen molar-refractivity contribution >= 4 is 0 Å². The van der Waals surface area contributed by atoms with Crippen LogP contribution >= 0.6 is 0 Å². The molecule has 1 aliphatic rings. The number of rotatable bonds is 6. The van der Waals surface area contributed by atoms with Crippen LogP contribution in [0.5, 0.6) is 0 Å². The lowest BCUT2D eigenvalue weighted by Gasteiger charge is -2.26. The smallest absolute Gasteiger partial charge is 0.162 e. The topological polar surface area (TPSA) is 0 Å². The molecule has 0 atom stereocenters. The Balaban J connectivity index is 1.92. The van der Waals surface area contributed by atoms with Crippen molar-refractivity contribution in [2.75, 3.05) is 0 Å². The van der Waals surface area contributed by atoms with E-state index >= 15 is 0 Å². The second-order valence-electron chi connectivity index (χ2n) is 6.32. The predicted molar refractivity (Wildman–Crippen MR) is 84.3 cm³/mol. The minimum Gasteiger partial charge on any atom is -0.203 e. The van der Waals surface area contributed by atoms with Crippen LogP contribution in [0.3, 0.4) is 0 Å². The number of halogens is 2. The van der Waals surface area contributed by atoms with E-state index in [9.17, 15) is 8.78 Å². The van der Waals surface area contributed by atoms with E-state index in [4.69, 9.17) is 0 Å². The molecule has 0 aromatic heterocycles. The molecule has 0 nitrogen and oxygen atoms in total. The number of allylic oxidation sites excluding steroid dienone is 1. The van der Waals surface area contributed by atoms with Gasteiger partial charge in [0.05, 0.1) is 0 Å². The highest BCUT2D eigenvalue weighted by Gasteiger charge is 2.20. The van der Waals surface area contributed by atoms with Crippen LogP contribution in [0.2, 0.25) is 0 Å². The molecule has 0 aliphatic heterocycles. The maximum absolute atomic E-state index is 14.1. The molecule has 21 heavy (non-hydrogen) atoms. The fraction of sp³-hybridized carbons (Fsp3) is 0.579. The van der Waals surface area contributed by atoms with E-state index in [2.05, 4.69) is 12.7 Å². The van der Waals surface area contributed by atoms with E-state index in [1.54, 1.807) is 12.1 Å². The molecule has 0 radical (unpaired) electrons. The van der Waals surface area contributed by atoms with E-state index in [1.165, 1.54) is 25.7 Å². The van der Waals surface area contributed by atoms with Crippen molar-refractivity contribution < 1.29 is 8.78 Å². The minimum atomic E-state index is -0.635. The van der Waals surface area contributed by atoms with Crippen molar-refractivity contribution in [3.05, 3.63) is 47.5 Å². The zero-order chi connectivity index (χ0) is 15.2. The van der Waals surface area contributed by atoms with E-state index in [0.717, 1.165) is 12.8 Å². The van der Waals surface area contributed by atoms with Gasteiger partial charge in [0, 0.05) is 0 Å². The molecule has 2 rings (SSSR count). The quantitative estimate of drug-likeness (QED) is 0.578. The van der Waals surface area contributed by atoms with Gasteiger partial charge in [-0.15, -0.1) is 6.58 Å². The molecule has 1 saturated carbocycles. The highest BCUT2D eigenvalue weighted by atomic mass is 19.2. The Bertz CT molecular complexity index is 471. The first-order valence-corrected chi connectivity index (χ1v) is 8.24. The standard InChI is InChI=1S/C19H26F2/c1-3-5-16-12-13-17(19(21)18(16)20)11-10-15-8-6-14(4-2)7-9-15/h4,12-15H,2-3,5-11H2,1H3. The summed E-state index contributed by atoms with van der Waals surface area (Å²) in [5, 5.41) is 0. The van der Waals surface area contributed by atoms with E-state index in [-0.39, 0.29) is 0 Å². The van der Waals surface area contributed by atoms with Crippen LogP contribution in [0.25, 0.3) is 0 Å². The average Bonchev–Trinajstić information content (AvgIpc) is 2.52. The molecule has 1 fully saturated rings. The van der Waals surface area contributed by atoms with Gasteiger partial charge in [0.2, 0.25) is 0 Å². The summed E-state index contributed by atoms with van der Waals surface area (Å²) in [5.41, 5.74) is 1.04. The van der Waals surface area contributed by atoms with Crippen molar-refractivity contribution in [2.45, 2.75) is 58.3 Å². The molecule has 0 heterocycles. The van der Waals surface area contributed by atoms with Crippen molar-refractivity contribution in [3.63, 3.8) is 0 Å². The normalized spacial score (nSPS) is 22.2. The van der Waals surface area contributed by atoms with E-state index in [1.807, 2.05) is 6.92 Å². The molecule has 0 saturated heterocycles. The van der Waals surface area contributed by atoms with Gasteiger partial charge in [-0.05, 0) is 67.9 Å². The zero-order valence-corrected chi connectivity index (χ0v) is 13.0. The van der Waals surface area contributed by atoms with Gasteiger partial charge in [0.25, 0.3) is 0 Å². The summed E-state index contributed by atoms with van der Waals surface area (Å²) in [6, 6.07) is 3.53. The Morgan fingerprint density at radius 1 is 1.05 bits per heavy atom. The van der Waals surface area contributed by atoms with E-state index < -0.39 is 11.6 Å². The van der Waals surface area contributed by atoms with Crippen LogP contribution in [0.4, 0.5) is 8.78 Å². The summed E-state index contributed by atoms with van der Waals surface area (Å²) in [5.74, 6) is 0.0492. The Morgan fingerprint density at radius 3 is 2.14 bits per heavy atom. The summed E-state index contributed by atoms with van der Waals surface area (Å²) in [6.45, 7) is 5.83. The third kappa shape index (κ3) is 4.15. The summed E-state index contributed by atoms with van der Waals surface area (Å²) >= 11 is 0. The second kappa shape index (κ2) is 7.72. The number of benzene rings is 1. The van der Waals surface area contributed by atoms with Crippen molar-refractivity contribution in [2.24, 2.45) is 11.8 Å². The van der Waals surface area contributed by atoms with Crippen LogP contribution in [0.1, 0.15) is 56.6 Å². The third-order valence-corrected chi connectivity index (χ3v) is 4.81. The summed E-state index contributed by atoms with van der Waals surface area (Å²) in [7, 11) is 0. The second-order valence-corrected chi connectivity index (χ2v) is 6.32. The van der Waals surface area contributed by atoms with Crippen LogP contribution in [-0.2, 0) is 12.8 Å². The summed E-state index contributed by atoms with van der Waals surface area (Å²) < 4.78 is 28.0. The Labute approximate surface area is 127 Å².